The van der Waals surface area contributed by atoms with Crippen molar-refractivity contribution in [1.29, 1.82) is 0 Å². The molecular weight excluding hydrogens is 194 g/mol. The number of aromatic nitrogens is 2. The standard InChI is InChI=1S/C10H19N3S/c1-4-11-7-9(2)8-14-10-12-5-6-13(10)3/h5-6,9,11H,4,7-8H2,1-3H3. The number of thioether (sulfide) groups is 1. The van der Waals surface area contributed by atoms with Gasteiger partial charge in [-0.25, -0.2) is 4.98 Å². The van der Waals surface area contributed by atoms with Crippen LogP contribution in [0.5, 0.6) is 0 Å². The molecule has 1 aromatic rings. The first-order valence-electron chi connectivity index (χ1n) is 5.05. The van der Waals surface area contributed by atoms with Gasteiger partial charge in [-0.15, -0.1) is 0 Å². The summed E-state index contributed by atoms with van der Waals surface area (Å²) in [7, 11) is 2.03. The Hall–Kier alpha value is -0.480. The molecule has 1 atom stereocenters. The minimum Gasteiger partial charge on any atom is -0.329 e. The second-order valence-electron chi connectivity index (χ2n) is 3.54. The molecule has 0 saturated carbocycles. The lowest BCUT2D eigenvalue weighted by molar-refractivity contribution is 0.573. The summed E-state index contributed by atoms with van der Waals surface area (Å²) in [4.78, 5) is 4.27. The Balaban J connectivity index is 2.23. The predicted molar refractivity (Wildman–Crippen MR) is 61.6 cm³/mol. The fourth-order valence-electron chi connectivity index (χ4n) is 1.16. The average molecular weight is 213 g/mol. The second-order valence-corrected chi connectivity index (χ2v) is 4.53. The van der Waals surface area contributed by atoms with Crippen LogP contribution in [0.2, 0.25) is 0 Å². The van der Waals surface area contributed by atoms with Gasteiger partial charge in [0.2, 0.25) is 0 Å². The first-order chi connectivity index (χ1) is 6.74. The maximum atomic E-state index is 4.27. The maximum Gasteiger partial charge on any atom is 0.167 e. The number of rotatable bonds is 6. The third kappa shape index (κ3) is 3.72. The van der Waals surface area contributed by atoms with E-state index in [1.165, 1.54) is 0 Å². The van der Waals surface area contributed by atoms with E-state index in [4.69, 9.17) is 0 Å². The van der Waals surface area contributed by atoms with Crippen molar-refractivity contribution >= 4 is 11.8 Å². The monoisotopic (exact) mass is 213 g/mol. The molecule has 1 N–H and O–H groups in total. The average Bonchev–Trinajstić information content (AvgIpc) is 2.58. The van der Waals surface area contributed by atoms with Gasteiger partial charge < -0.3 is 9.88 Å². The summed E-state index contributed by atoms with van der Waals surface area (Å²) in [5.41, 5.74) is 0. The zero-order valence-electron chi connectivity index (χ0n) is 9.16. The van der Waals surface area contributed by atoms with E-state index in [2.05, 4.69) is 28.7 Å². The van der Waals surface area contributed by atoms with Gasteiger partial charge in [-0.1, -0.05) is 25.6 Å². The van der Waals surface area contributed by atoms with E-state index < -0.39 is 0 Å². The number of hydrogen-bond donors (Lipinski definition) is 1. The Kier molecular flexibility index (Phi) is 5.04. The molecular formula is C10H19N3S. The van der Waals surface area contributed by atoms with Crippen LogP contribution in [0, 0.1) is 5.92 Å². The first-order valence-corrected chi connectivity index (χ1v) is 6.03. The van der Waals surface area contributed by atoms with Crippen molar-refractivity contribution in [2.24, 2.45) is 13.0 Å². The number of nitrogens with one attached hydrogen (secondary N) is 1. The largest absolute Gasteiger partial charge is 0.329 e. The summed E-state index contributed by atoms with van der Waals surface area (Å²) in [6.45, 7) is 6.54. The molecule has 0 aliphatic rings. The van der Waals surface area contributed by atoms with Crippen molar-refractivity contribution in [3.8, 4) is 0 Å². The van der Waals surface area contributed by atoms with E-state index in [0.717, 1.165) is 24.0 Å². The van der Waals surface area contributed by atoms with Crippen molar-refractivity contribution in [1.82, 2.24) is 14.9 Å². The van der Waals surface area contributed by atoms with Crippen LogP contribution in [0.1, 0.15) is 13.8 Å². The van der Waals surface area contributed by atoms with E-state index in [0.29, 0.717) is 5.92 Å². The molecule has 0 radical (unpaired) electrons. The fraction of sp³-hybridized carbons (Fsp3) is 0.700. The Morgan fingerprint density at radius 2 is 2.43 bits per heavy atom. The molecule has 0 aromatic carbocycles. The van der Waals surface area contributed by atoms with Crippen molar-refractivity contribution in [3.05, 3.63) is 12.4 Å². The minimum absolute atomic E-state index is 0.691. The first kappa shape index (κ1) is 11.6. The van der Waals surface area contributed by atoms with Gasteiger partial charge in [-0.3, -0.25) is 0 Å². The van der Waals surface area contributed by atoms with E-state index in [1.54, 1.807) is 0 Å². The Bertz CT molecular complexity index is 260. The molecule has 0 spiro atoms. The molecule has 0 bridgehead atoms. The van der Waals surface area contributed by atoms with Crippen molar-refractivity contribution in [2.45, 2.75) is 19.0 Å². The lowest BCUT2D eigenvalue weighted by Crippen LogP contribution is -2.21. The lowest BCUT2D eigenvalue weighted by atomic mass is 10.2. The summed E-state index contributed by atoms with van der Waals surface area (Å²) < 4.78 is 2.06. The summed E-state index contributed by atoms with van der Waals surface area (Å²) in [6.07, 6.45) is 3.83. The Morgan fingerprint density at radius 3 is 3.00 bits per heavy atom. The Morgan fingerprint density at radius 1 is 1.64 bits per heavy atom. The van der Waals surface area contributed by atoms with Crippen LogP contribution in [-0.2, 0) is 7.05 Å². The van der Waals surface area contributed by atoms with Crippen molar-refractivity contribution in [2.75, 3.05) is 18.8 Å². The zero-order chi connectivity index (χ0) is 10.4. The maximum absolute atomic E-state index is 4.27. The van der Waals surface area contributed by atoms with Crippen LogP contribution in [0.15, 0.2) is 17.6 Å². The van der Waals surface area contributed by atoms with Gasteiger partial charge in [0.15, 0.2) is 5.16 Å². The molecule has 1 aromatic heterocycles. The third-order valence-electron chi connectivity index (χ3n) is 2.02. The van der Waals surface area contributed by atoms with Crippen LogP contribution in [0.25, 0.3) is 0 Å². The highest BCUT2D eigenvalue weighted by Crippen LogP contribution is 2.17. The van der Waals surface area contributed by atoms with Crippen LogP contribution in [0.4, 0.5) is 0 Å². The molecule has 0 saturated heterocycles. The molecule has 14 heavy (non-hydrogen) atoms. The highest BCUT2D eigenvalue weighted by Gasteiger charge is 2.04. The molecule has 1 unspecified atom stereocenters. The number of aryl methyl sites for hydroxylation is 1. The van der Waals surface area contributed by atoms with Gasteiger partial charge in [-0.2, -0.15) is 0 Å². The van der Waals surface area contributed by atoms with Crippen molar-refractivity contribution < 1.29 is 0 Å². The van der Waals surface area contributed by atoms with Gasteiger partial charge in [0, 0.05) is 25.2 Å². The molecule has 0 fully saturated rings. The van der Waals surface area contributed by atoms with Crippen LogP contribution in [-0.4, -0.2) is 28.4 Å². The lowest BCUT2D eigenvalue weighted by Gasteiger charge is -2.10. The Labute approximate surface area is 90.3 Å². The highest BCUT2D eigenvalue weighted by atomic mass is 32.2. The van der Waals surface area contributed by atoms with E-state index in [1.807, 2.05) is 31.2 Å². The van der Waals surface area contributed by atoms with Crippen LogP contribution in [0.3, 0.4) is 0 Å². The van der Waals surface area contributed by atoms with E-state index >= 15 is 0 Å². The predicted octanol–water partition coefficient (Wildman–Crippen LogP) is 1.76. The quantitative estimate of drug-likeness (QED) is 0.730. The SMILES string of the molecule is CCNCC(C)CSc1nccn1C. The number of hydrogen-bond acceptors (Lipinski definition) is 3. The molecule has 1 rings (SSSR count). The molecule has 4 heteroatoms. The van der Waals surface area contributed by atoms with E-state index in [9.17, 15) is 0 Å². The normalized spacial score (nSPS) is 13.1. The summed E-state index contributed by atoms with van der Waals surface area (Å²) in [5.74, 6) is 1.81. The summed E-state index contributed by atoms with van der Waals surface area (Å²) in [6, 6.07) is 0. The molecule has 0 aliphatic carbocycles. The van der Waals surface area contributed by atoms with Gasteiger partial charge in [0.25, 0.3) is 0 Å². The minimum atomic E-state index is 0.691. The summed E-state index contributed by atoms with van der Waals surface area (Å²) >= 11 is 1.82. The smallest absolute Gasteiger partial charge is 0.167 e. The van der Waals surface area contributed by atoms with Gasteiger partial charge >= 0.3 is 0 Å². The molecule has 0 amide bonds. The molecule has 3 nitrogen and oxygen atoms in total. The number of imidazole rings is 1. The summed E-state index contributed by atoms with van der Waals surface area (Å²) in [5, 5.41) is 4.46. The molecule has 0 aliphatic heterocycles. The van der Waals surface area contributed by atoms with Gasteiger partial charge in [0.1, 0.15) is 0 Å². The fourth-order valence-corrected chi connectivity index (χ4v) is 2.11. The topological polar surface area (TPSA) is 29.9 Å². The zero-order valence-corrected chi connectivity index (χ0v) is 9.97. The van der Waals surface area contributed by atoms with Crippen LogP contribution < -0.4 is 5.32 Å². The molecule has 1 heterocycles. The molecule has 80 valence electrons. The highest BCUT2D eigenvalue weighted by molar-refractivity contribution is 7.99. The van der Waals surface area contributed by atoms with E-state index in [-0.39, 0.29) is 0 Å². The second kappa shape index (κ2) is 6.09. The van der Waals surface area contributed by atoms with Gasteiger partial charge in [0.05, 0.1) is 0 Å². The van der Waals surface area contributed by atoms with Gasteiger partial charge in [-0.05, 0) is 19.0 Å². The number of nitrogens with zero attached hydrogens (tertiary/aromatic N) is 2. The van der Waals surface area contributed by atoms with Crippen molar-refractivity contribution in [3.63, 3.8) is 0 Å². The third-order valence-corrected chi connectivity index (χ3v) is 3.40. The van der Waals surface area contributed by atoms with Crippen LogP contribution >= 0.6 is 11.8 Å².